The first kappa shape index (κ1) is 16.4. The fraction of sp³-hybridized carbons (Fsp3) is 0.364. The lowest BCUT2D eigenvalue weighted by molar-refractivity contribution is 0.0937. The molecule has 2 fully saturated rings. The first-order valence-corrected chi connectivity index (χ1v) is 9.71. The minimum Gasteiger partial charge on any atom is -0.350 e. The Balaban J connectivity index is 1.43. The number of hydrogen-bond donors (Lipinski definition) is 1. The molecule has 0 aromatic carbocycles. The van der Waals surface area contributed by atoms with Crippen molar-refractivity contribution in [2.45, 2.75) is 25.7 Å². The van der Waals surface area contributed by atoms with Crippen LogP contribution in [-0.4, -0.2) is 27.4 Å². The SMILES string of the molecule is O=C(NC[C@@H]1C[C@H]2CC[C@H]1C2)c1cc(-c2ccncc2)c2cnccc2n1. The smallest absolute Gasteiger partial charge is 0.269 e. The van der Waals surface area contributed by atoms with E-state index in [-0.39, 0.29) is 5.91 Å². The van der Waals surface area contributed by atoms with Crippen LogP contribution in [0.3, 0.4) is 0 Å². The van der Waals surface area contributed by atoms with Gasteiger partial charge in [-0.1, -0.05) is 6.42 Å². The van der Waals surface area contributed by atoms with Crippen molar-refractivity contribution in [3.63, 3.8) is 0 Å². The Hall–Kier alpha value is -2.82. The van der Waals surface area contributed by atoms with E-state index in [4.69, 9.17) is 0 Å². The number of carbonyl (C=O) groups excluding carboxylic acids is 1. The summed E-state index contributed by atoms with van der Waals surface area (Å²) in [5.41, 5.74) is 3.21. The lowest BCUT2D eigenvalue weighted by Gasteiger charge is -2.21. The third kappa shape index (κ3) is 3.07. The van der Waals surface area contributed by atoms with E-state index in [1.54, 1.807) is 24.8 Å². The molecule has 0 radical (unpaired) electrons. The van der Waals surface area contributed by atoms with Crippen LogP contribution >= 0.6 is 0 Å². The largest absolute Gasteiger partial charge is 0.350 e. The van der Waals surface area contributed by atoms with Crippen LogP contribution in [0, 0.1) is 17.8 Å². The molecule has 1 amide bonds. The van der Waals surface area contributed by atoms with Gasteiger partial charge >= 0.3 is 0 Å². The third-order valence-electron chi connectivity index (χ3n) is 6.24. The minimum absolute atomic E-state index is 0.0909. The molecule has 3 aromatic heterocycles. The number of nitrogens with zero attached hydrogens (tertiary/aromatic N) is 3. The van der Waals surface area contributed by atoms with Gasteiger partial charge in [0.2, 0.25) is 0 Å². The number of carbonyl (C=O) groups is 1. The fourth-order valence-electron chi connectivity index (χ4n) is 4.90. The van der Waals surface area contributed by atoms with Gasteiger partial charge in [-0.25, -0.2) is 4.98 Å². The Kier molecular flexibility index (Phi) is 4.07. The predicted molar refractivity (Wildman–Crippen MR) is 104 cm³/mol. The van der Waals surface area contributed by atoms with Crippen LogP contribution in [0.15, 0.2) is 49.1 Å². The summed E-state index contributed by atoms with van der Waals surface area (Å²) in [6, 6.07) is 7.61. The average molecular weight is 358 g/mol. The molecule has 1 N–H and O–H groups in total. The van der Waals surface area contributed by atoms with Gasteiger partial charge in [-0.3, -0.25) is 14.8 Å². The molecule has 2 aliphatic carbocycles. The number of rotatable bonds is 4. The van der Waals surface area contributed by atoms with Crippen LogP contribution in [-0.2, 0) is 0 Å². The van der Waals surface area contributed by atoms with Gasteiger partial charge in [0.05, 0.1) is 5.52 Å². The standard InChI is InChI=1S/C22H22N4O/c27-22(25-12-17-10-14-1-2-16(17)9-14)21-11-18(15-3-6-23-7-4-15)19-13-24-8-5-20(19)26-21/h3-8,11,13-14,16-17H,1-2,9-10,12H2,(H,25,27)/t14-,16-,17-/m0/s1. The third-order valence-corrected chi connectivity index (χ3v) is 6.24. The van der Waals surface area contributed by atoms with E-state index in [1.165, 1.54) is 25.7 Å². The van der Waals surface area contributed by atoms with Crippen LogP contribution in [0.2, 0.25) is 0 Å². The second kappa shape index (κ2) is 6.72. The Bertz CT molecular complexity index is 988. The van der Waals surface area contributed by atoms with Crippen LogP contribution in [0.1, 0.15) is 36.2 Å². The molecular formula is C22H22N4O. The van der Waals surface area contributed by atoms with Crippen molar-refractivity contribution in [3.05, 3.63) is 54.7 Å². The highest BCUT2D eigenvalue weighted by atomic mass is 16.1. The highest BCUT2D eigenvalue weighted by molar-refractivity contribution is 6.00. The van der Waals surface area contributed by atoms with Crippen molar-refractivity contribution in [2.24, 2.45) is 17.8 Å². The number of nitrogens with one attached hydrogen (secondary N) is 1. The first-order chi connectivity index (χ1) is 13.3. The van der Waals surface area contributed by atoms with E-state index in [1.807, 2.05) is 24.3 Å². The highest BCUT2D eigenvalue weighted by Gasteiger charge is 2.39. The molecule has 136 valence electrons. The topological polar surface area (TPSA) is 67.8 Å². The monoisotopic (exact) mass is 358 g/mol. The van der Waals surface area contributed by atoms with E-state index in [9.17, 15) is 4.79 Å². The average Bonchev–Trinajstić information content (AvgIpc) is 3.35. The lowest BCUT2D eigenvalue weighted by atomic mass is 9.89. The normalized spacial score (nSPS) is 23.6. The number of amides is 1. The van der Waals surface area contributed by atoms with E-state index in [2.05, 4.69) is 20.3 Å². The van der Waals surface area contributed by atoms with Crippen LogP contribution in [0.4, 0.5) is 0 Å². The Morgan fingerprint density at radius 2 is 1.93 bits per heavy atom. The lowest BCUT2D eigenvalue weighted by Crippen LogP contribution is -2.32. The van der Waals surface area contributed by atoms with Crippen LogP contribution in [0.25, 0.3) is 22.0 Å². The molecule has 0 saturated heterocycles. The summed E-state index contributed by atoms with van der Waals surface area (Å²) < 4.78 is 0. The summed E-state index contributed by atoms with van der Waals surface area (Å²) in [5, 5.41) is 4.08. The Labute approximate surface area is 158 Å². The van der Waals surface area contributed by atoms with Gasteiger partial charge in [0.1, 0.15) is 5.69 Å². The molecule has 5 rings (SSSR count). The quantitative estimate of drug-likeness (QED) is 0.769. The highest BCUT2D eigenvalue weighted by Crippen LogP contribution is 2.47. The fourth-order valence-corrected chi connectivity index (χ4v) is 4.90. The van der Waals surface area contributed by atoms with E-state index in [0.717, 1.165) is 40.4 Å². The summed E-state index contributed by atoms with van der Waals surface area (Å²) in [4.78, 5) is 25.7. The van der Waals surface area contributed by atoms with Crippen molar-refractivity contribution in [1.29, 1.82) is 0 Å². The molecule has 3 atom stereocenters. The van der Waals surface area contributed by atoms with Crippen molar-refractivity contribution < 1.29 is 4.79 Å². The molecule has 2 bridgehead atoms. The van der Waals surface area contributed by atoms with Gasteiger partial charge in [0.15, 0.2) is 0 Å². The number of fused-ring (bicyclic) bond motifs is 3. The Morgan fingerprint density at radius 3 is 2.70 bits per heavy atom. The maximum Gasteiger partial charge on any atom is 0.269 e. The summed E-state index contributed by atoms with van der Waals surface area (Å²) in [6.45, 7) is 0.765. The zero-order valence-electron chi connectivity index (χ0n) is 15.1. The predicted octanol–water partition coefficient (Wildman–Crippen LogP) is 3.86. The van der Waals surface area contributed by atoms with E-state index < -0.39 is 0 Å². The zero-order valence-corrected chi connectivity index (χ0v) is 15.1. The van der Waals surface area contributed by atoms with Crippen molar-refractivity contribution in [2.75, 3.05) is 6.54 Å². The molecule has 0 spiro atoms. The molecule has 0 unspecified atom stereocenters. The number of pyridine rings is 3. The van der Waals surface area contributed by atoms with Crippen molar-refractivity contribution in [1.82, 2.24) is 20.3 Å². The number of hydrogen-bond acceptors (Lipinski definition) is 4. The maximum absolute atomic E-state index is 12.8. The molecule has 5 heteroatoms. The molecule has 3 aromatic rings. The Morgan fingerprint density at radius 1 is 1.07 bits per heavy atom. The molecule has 2 saturated carbocycles. The second-order valence-corrected chi connectivity index (χ2v) is 7.83. The van der Waals surface area contributed by atoms with Crippen LogP contribution in [0.5, 0.6) is 0 Å². The summed E-state index contributed by atoms with van der Waals surface area (Å²) in [7, 11) is 0. The van der Waals surface area contributed by atoms with Gasteiger partial charge < -0.3 is 5.32 Å². The molecular weight excluding hydrogens is 336 g/mol. The van der Waals surface area contributed by atoms with Crippen molar-refractivity contribution in [3.8, 4) is 11.1 Å². The second-order valence-electron chi connectivity index (χ2n) is 7.83. The summed E-state index contributed by atoms with van der Waals surface area (Å²) >= 11 is 0. The molecule has 5 nitrogen and oxygen atoms in total. The van der Waals surface area contributed by atoms with Gasteiger partial charge in [-0.15, -0.1) is 0 Å². The summed E-state index contributed by atoms with van der Waals surface area (Å²) in [5.74, 6) is 2.24. The van der Waals surface area contributed by atoms with Gasteiger partial charge in [-0.2, -0.15) is 0 Å². The molecule has 27 heavy (non-hydrogen) atoms. The van der Waals surface area contributed by atoms with E-state index >= 15 is 0 Å². The summed E-state index contributed by atoms with van der Waals surface area (Å²) in [6.07, 6.45) is 12.4. The van der Waals surface area contributed by atoms with Gasteiger partial charge in [0.25, 0.3) is 5.91 Å². The van der Waals surface area contributed by atoms with Crippen LogP contribution < -0.4 is 5.32 Å². The first-order valence-electron chi connectivity index (χ1n) is 9.71. The van der Waals surface area contributed by atoms with Crippen molar-refractivity contribution >= 4 is 16.8 Å². The molecule has 2 aliphatic rings. The molecule has 3 heterocycles. The van der Waals surface area contributed by atoms with E-state index in [0.29, 0.717) is 11.6 Å². The maximum atomic E-state index is 12.8. The zero-order chi connectivity index (χ0) is 18.2. The van der Waals surface area contributed by atoms with Gasteiger partial charge in [0, 0.05) is 36.7 Å². The minimum atomic E-state index is -0.0909. The number of aromatic nitrogens is 3. The molecule has 0 aliphatic heterocycles. The van der Waals surface area contributed by atoms with Gasteiger partial charge in [-0.05, 0) is 72.4 Å².